The SMILES string of the molecule is Cc1cc(C)c([Te]c2ccc3c4c(ccc(P(=[Se])(c5ccccc5)c5ccccc5)c24)CC3)c(C)c1. The third kappa shape index (κ3) is 4.09. The zero-order valence-electron chi connectivity index (χ0n) is 20.9. The van der Waals surface area contributed by atoms with Gasteiger partial charge in [0.15, 0.2) is 0 Å². The van der Waals surface area contributed by atoms with Crippen LogP contribution in [0.3, 0.4) is 0 Å². The predicted octanol–water partition coefficient (Wildman–Crippen LogP) is 4.90. The summed E-state index contributed by atoms with van der Waals surface area (Å²) in [4.78, 5) is 0. The molecule has 0 nitrogen and oxygen atoms in total. The summed E-state index contributed by atoms with van der Waals surface area (Å²) in [5.74, 6) is 0. The number of hydrogen-bond acceptors (Lipinski definition) is 0. The summed E-state index contributed by atoms with van der Waals surface area (Å²) < 4.78 is 3.18. The molecule has 1 aliphatic rings. The summed E-state index contributed by atoms with van der Waals surface area (Å²) in [6.07, 6.45) is 2.32. The molecule has 0 unspecified atom stereocenters. The Morgan fingerprint density at radius 1 is 0.639 bits per heavy atom. The fraction of sp³-hybridized carbons (Fsp3) is 0.152. The Labute approximate surface area is 232 Å². The quantitative estimate of drug-likeness (QED) is 0.186. The average Bonchev–Trinajstić information content (AvgIpc) is 3.32. The fourth-order valence-corrected chi connectivity index (χ4v) is 14.5. The minimum absolute atomic E-state index is 0.564. The predicted molar refractivity (Wildman–Crippen MR) is 161 cm³/mol. The molecule has 1 aliphatic carbocycles. The molecule has 0 fully saturated rings. The molecular weight excluding hydrogens is 634 g/mol. The Morgan fingerprint density at radius 3 is 1.72 bits per heavy atom. The van der Waals surface area contributed by atoms with Crippen molar-refractivity contribution in [2.24, 2.45) is 0 Å². The van der Waals surface area contributed by atoms with Crippen molar-refractivity contribution < 1.29 is 0 Å². The van der Waals surface area contributed by atoms with Gasteiger partial charge in [0.1, 0.15) is 0 Å². The van der Waals surface area contributed by atoms with Gasteiger partial charge in [-0.05, 0) is 0 Å². The molecule has 0 spiro atoms. The van der Waals surface area contributed by atoms with Crippen molar-refractivity contribution in [1.82, 2.24) is 0 Å². The molecule has 0 bridgehead atoms. The van der Waals surface area contributed by atoms with E-state index in [0.717, 1.165) is 12.8 Å². The first-order chi connectivity index (χ1) is 17.5. The summed E-state index contributed by atoms with van der Waals surface area (Å²) in [6.45, 7) is 6.83. The van der Waals surface area contributed by atoms with E-state index < -0.39 is 26.4 Å². The van der Waals surface area contributed by atoms with Gasteiger partial charge in [0.25, 0.3) is 0 Å². The molecular formula is C33H29PSeTe. The molecule has 36 heavy (non-hydrogen) atoms. The van der Waals surface area contributed by atoms with Gasteiger partial charge in [-0.2, -0.15) is 0 Å². The van der Waals surface area contributed by atoms with Crippen LogP contribution in [0.15, 0.2) is 97.1 Å². The molecule has 5 aromatic carbocycles. The Bertz CT molecular complexity index is 1580. The number of hydrogen-bond donors (Lipinski definition) is 0. The van der Waals surface area contributed by atoms with Crippen molar-refractivity contribution in [2.75, 3.05) is 0 Å². The zero-order chi connectivity index (χ0) is 24.9. The van der Waals surface area contributed by atoms with Gasteiger partial charge in [-0.3, -0.25) is 0 Å². The van der Waals surface area contributed by atoms with E-state index >= 15 is 0 Å². The third-order valence-electron chi connectivity index (χ3n) is 7.33. The van der Waals surface area contributed by atoms with Gasteiger partial charge in [0.2, 0.25) is 0 Å². The van der Waals surface area contributed by atoms with E-state index in [2.05, 4.69) is 133 Å². The maximum atomic E-state index is 3.84. The van der Waals surface area contributed by atoms with Crippen LogP contribution >= 0.6 is 5.51 Å². The van der Waals surface area contributed by atoms with Crippen molar-refractivity contribution in [1.29, 1.82) is 0 Å². The van der Waals surface area contributed by atoms with Crippen molar-refractivity contribution in [2.45, 2.75) is 33.6 Å². The third-order valence-corrected chi connectivity index (χ3v) is 18.3. The Balaban J connectivity index is 1.68. The second-order valence-corrected chi connectivity index (χ2v) is 19.0. The van der Waals surface area contributed by atoms with E-state index in [1.165, 1.54) is 43.7 Å². The van der Waals surface area contributed by atoms with E-state index in [4.69, 9.17) is 0 Å². The van der Waals surface area contributed by atoms with E-state index in [9.17, 15) is 0 Å². The summed E-state index contributed by atoms with van der Waals surface area (Å²) in [5.41, 5.74) is 5.38. The molecule has 5 aromatic rings. The van der Waals surface area contributed by atoms with Gasteiger partial charge in [0, 0.05) is 0 Å². The van der Waals surface area contributed by atoms with Gasteiger partial charge in [-0.25, -0.2) is 0 Å². The van der Waals surface area contributed by atoms with Crippen LogP contribution in [-0.4, -0.2) is 36.0 Å². The van der Waals surface area contributed by atoms with Crippen LogP contribution in [0.1, 0.15) is 27.8 Å². The topological polar surface area (TPSA) is 0 Å². The van der Waals surface area contributed by atoms with Crippen LogP contribution < -0.4 is 23.1 Å². The molecule has 6 rings (SSSR count). The van der Waals surface area contributed by atoms with Crippen LogP contribution in [0.2, 0.25) is 0 Å². The van der Waals surface area contributed by atoms with Gasteiger partial charge < -0.3 is 0 Å². The molecule has 0 heterocycles. The van der Waals surface area contributed by atoms with Gasteiger partial charge in [-0.15, -0.1) is 0 Å². The number of rotatable bonds is 5. The molecule has 0 saturated heterocycles. The number of benzene rings is 5. The molecule has 0 aliphatic heterocycles. The van der Waals surface area contributed by atoms with E-state index in [0.29, 0.717) is 0 Å². The molecule has 0 amide bonds. The van der Waals surface area contributed by atoms with Crippen molar-refractivity contribution in [3.63, 3.8) is 0 Å². The van der Waals surface area contributed by atoms with Crippen molar-refractivity contribution in [3.05, 3.63) is 125 Å². The molecule has 0 aromatic heterocycles. The summed E-state index contributed by atoms with van der Waals surface area (Å²) in [6, 6.07) is 36.9. The van der Waals surface area contributed by atoms with Gasteiger partial charge >= 0.3 is 234 Å². The first-order valence-electron chi connectivity index (χ1n) is 12.5. The average molecular weight is 663 g/mol. The standard InChI is InChI=1S/C33H29PSeTe/c1-22-20-23(2)33(24(3)21-22)36-30-19-17-26-15-14-25-16-18-29(32(30)31(25)26)34(35,27-10-6-4-7-11-27)28-12-8-5-9-13-28/h4-13,16-21H,14-15H2,1-3H3. The van der Waals surface area contributed by atoms with Crippen LogP contribution in [0.5, 0.6) is 0 Å². The normalized spacial score (nSPS) is 12.9. The summed E-state index contributed by atoms with van der Waals surface area (Å²) in [7, 11) is 0. The first kappa shape index (κ1) is 24.4. The summed E-state index contributed by atoms with van der Waals surface area (Å²) >= 11 is 3.27. The second-order valence-electron chi connectivity index (χ2n) is 9.83. The van der Waals surface area contributed by atoms with E-state index in [1.54, 1.807) is 18.0 Å². The molecule has 3 heteroatoms. The van der Waals surface area contributed by atoms with Gasteiger partial charge in [-0.1, -0.05) is 0 Å². The molecule has 178 valence electrons. The van der Waals surface area contributed by atoms with Crippen LogP contribution in [-0.2, 0) is 12.8 Å². The van der Waals surface area contributed by atoms with Crippen LogP contribution in [0, 0.1) is 20.8 Å². The van der Waals surface area contributed by atoms with E-state index in [-0.39, 0.29) is 0 Å². The minimum atomic E-state index is -1.95. The first-order valence-corrected chi connectivity index (χ1v) is 18.9. The Hall–Kier alpha value is -1.90. The van der Waals surface area contributed by atoms with Crippen LogP contribution in [0.25, 0.3) is 10.8 Å². The molecule has 0 saturated carbocycles. The fourth-order valence-electron chi connectivity index (χ4n) is 5.77. The maximum absolute atomic E-state index is 3.84. The van der Waals surface area contributed by atoms with Crippen molar-refractivity contribution >= 4 is 75.4 Å². The van der Waals surface area contributed by atoms with Gasteiger partial charge in [0.05, 0.1) is 0 Å². The molecule has 0 atom stereocenters. The molecule has 0 radical (unpaired) electrons. The van der Waals surface area contributed by atoms with Crippen LogP contribution in [0.4, 0.5) is 0 Å². The van der Waals surface area contributed by atoms with Crippen molar-refractivity contribution in [3.8, 4) is 0 Å². The summed E-state index contributed by atoms with van der Waals surface area (Å²) in [5, 5.41) is 7.41. The monoisotopic (exact) mass is 666 g/mol. The number of aryl methyl sites for hydroxylation is 5. The van der Waals surface area contributed by atoms with E-state index in [1.807, 2.05) is 0 Å². The second kappa shape index (κ2) is 9.76. The Morgan fingerprint density at radius 2 is 1.17 bits per heavy atom. The Kier molecular flexibility index (Phi) is 6.63. The zero-order valence-corrected chi connectivity index (χ0v) is 25.9. The molecule has 0 N–H and O–H groups in total.